The zero-order valence-corrected chi connectivity index (χ0v) is 17.1. The van der Waals surface area contributed by atoms with E-state index < -0.39 is 0 Å². The van der Waals surface area contributed by atoms with Crippen LogP contribution in [0.2, 0.25) is 0 Å². The number of ketones is 1. The lowest BCUT2D eigenvalue weighted by atomic mass is 9.96. The van der Waals surface area contributed by atoms with Crippen LogP contribution >= 0.6 is 0 Å². The van der Waals surface area contributed by atoms with Crippen molar-refractivity contribution in [2.75, 3.05) is 24.6 Å². The number of anilines is 1. The van der Waals surface area contributed by atoms with Crippen molar-refractivity contribution in [2.24, 2.45) is 5.92 Å². The molecule has 2 aromatic rings. The van der Waals surface area contributed by atoms with Crippen molar-refractivity contribution in [3.63, 3.8) is 0 Å². The molecule has 1 atom stereocenters. The second-order valence-corrected chi connectivity index (χ2v) is 8.39. The summed E-state index contributed by atoms with van der Waals surface area (Å²) in [7, 11) is 0. The average Bonchev–Trinajstić information content (AvgIpc) is 3.48. The van der Waals surface area contributed by atoms with E-state index in [0.29, 0.717) is 43.5 Å². The number of benzene rings is 2. The lowest BCUT2D eigenvalue weighted by Crippen LogP contribution is -2.54. The van der Waals surface area contributed by atoms with E-state index >= 15 is 0 Å². The van der Waals surface area contributed by atoms with Crippen LogP contribution in [0.1, 0.15) is 44.6 Å². The molecule has 0 spiro atoms. The third-order valence-electron chi connectivity index (χ3n) is 5.64. The quantitative estimate of drug-likeness (QED) is 0.599. The molecule has 0 aromatic heterocycles. The first-order chi connectivity index (χ1) is 14.0. The van der Waals surface area contributed by atoms with E-state index in [2.05, 4.69) is 6.92 Å². The highest BCUT2D eigenvalue weighted by Crippen LogP contribution is 2.32. The molecule has 0 unspecified atom stereocenters. The summed E-state index contributed by atoms with van der Waals surface area (Å²) in [5.74, 6) is 2.21. The molecule has 0 N–H and O–H groups in total. The highest BCUT2D eigenvalue weighted by molar-refractivity contribution is 5.76. The van der Waals surface area contributed by atoms with Gasteiger partial charge in [0.25, 0.3) is 0 Å². The zero-order valence-electron chi connectivity index (χ0n) is 17.1. The lowest BCUT2D eigenvalue weighted by Gasteiger charge is -2.40. The number of carbonyl (C=O) groups is 1. The minimum Gasteiger partial charge on any atom is -0.493 e. The Morgan fingerprint density at radius 3 is 2.45 bits per heavy atom. The summed E-state index contributed by atoms with van der Waals surface area (Å²) < 4.78 is 26.1. The van der Waals surface area contributed by atoms with Gasteiger partial charge in [0, 0.05) is 12.5 Å². The van der Waals surface area contributed by atoms with Crippen molar-refractivity contribution in [1.29, 1.82) is 0 Å². The Bertz CT molecular complexity index is 857. The van der Waals surface area contributed by atoms with Crippen LogP contribution in [-0.4, -0.2) is 31.6 Å². The molecule has 5 heteroatoms. The monoisotopic (exact) mass is 397 g/mol. The summed E-state index contributed by atoms with van der Waals surface area (Å²) >= 11 is 0. The van der Waals surface area contributed by atoms with Gasteiger partial charge in [-0.2, -0.15) is 0 Å². The SMILES string of the molecule is CC(=O)C[C@@H](C)c1ccc(OC2CN(c3ccc(OCC4CC4)cc3F)C2)cc1. The van der Waals surface area contributed by atoms with E-state index in [1.54, 1.807) is 13.0 Å². The second-order valence-electron chi connectivity index (χ2n) is 8.39. The van der Waals surface area contributed by atoms with Gasteiger partial charge in [-0.05, 0) is 61.4 Å². The fraction of sp³-hybridized carbons (Fsp3) is 0.458. The van der Waals surface area contributed by atoms with Crippen LogP contribution < -0.4 is 14.4 Å². The van der Waals surface area contributed by atoms with E-state index in [9.17, 15) is 9.18 Å². The van der Waals surface area contributed by atoms with E-state index in [1.165, 1.54) is 18.9 Å². The Balaban J connectivity index is 1.27. The van der Waals surface area contributed by atoms with Gasteiger partial charge in [-0.15, -0.1) is 0 Å². The predicted octanol–water partition coefficient (Wildman–Crippen LogP) is 4.96. The Kier molecular flexibility index (Phi) is 5.74. The molecule has 1 saturated carbocycles. The Morgan fingerprint density at radius 1 is 1.14 bits per heavy atom. The molecule has 29 heavy (non-hydrogen) atoms. The van der Waals surface area contributed by atoms with Crippen LogP contribution in [0.5, 0.6) is 11.5 Å². The van der Waals surface area contributed by atoms with Crippen molar-refractivity contribution in [1.82, 2.24) is 0 Å². The molecule has 1 heterocycles. The van der Waals surface area contributed by atoms with E-state index in [-0.39, 0.29) is 23.6 Å². The van der Waals surface area contributed by atoms with E-state index in [1.807, 2.05) is 35.2 Å². The van der Waals surface area contributed by atoms with Crippen molar-refractivity contribution < 1.29 is 18.7 Å². The molecule has 1 aliphatic heterocycles. The predicted molar refractivity (Wildman–Crippen MR) is 111 cm³/mol. The standard InChI is InChI=1S/C24H28FNO3/c1-16(11-17(2)27)19-5-7-20(8-6-19)29-22-13-26(14-22)24-10-9-21(12-23(24)25)28-15-18-3-4-18/h5-10,12,16,18,22H,3-4,11,13-15H2,1-2H3/t16-/m1/s1. The van der Waals surface area contributed by atoms with Crippen molar-refractivity contribution >= 4 is 11.5 Å². The fourth-order valence-corrected chi connectivity index (χ4v) is 3.66. The summed E-state index contributed by atoms with van der Waals surface area (Å²) in [6.45, 7) is 5.67. The molecule has 1 saturated heterocycles. The first-order valence-electron chi connectivity index (χ1n) is 10.4. The Labute approximate surface area is 171 Å². The topological polar surface area (TPSA) is 38.8 Å². The van der Waals surface area contributed by atoms with Crippen LogP contribution in [0.25, 0.3) is 0 Å². The van der Waals surface area contributed by atoms with Gasteiger partial charge < -0.3 is 19.2 Å². The first kappa shape index (κ1) is 19.7. The maximum absolute atomic E-state index is 14.4. The molecule has 2 aromatic carbocycles. The summed E-state index contributed by atoms with van der Waals surface area (Å²) in [4.78, 5) is 13.3. The van der Waals surface area contributed by atoms with Gasteiger partial charge in [-0.1, -0.05) is 19.1 Å². The first-order valence-corrected chi connectivity index (χ1v) is 10.4. The Hall–Kier alpha value is -2.56. The van der Waals surface area contributed by atoms with Crippen LogP contribution in [0.3, 0.4) is 0 Å². The highest BCUT2D eigenvalue weighted by atomic mass is 19.1. The third kappa shape index (κ3) is 5.08. The molecule has 2 fully saturated rings. The Morgan fingerprint density at radius 2 is 1.83 bits per heavy atom. The van der Waals surface area contributed by atoms with Gasteiger partial charge in [-0.3, -0.25) is 0 Å². The largest absolute Gasteiger partial charge is 0.493 e. The van der Waals surface area contributed by atoms with Crippen LogP contribution in [0.4, 0.5) is 10.1 Å². The van der Waals surface area contributed by atoms with Gasteiger partial charge in [0.1, 0.15) is 29.2 Å². The third-order valence-corrected chi connectivity index (χ3v) is 5.64. The number of ether oxygens (including phenoxy) is 2. The average molecular weight is 397 g/mol. The normalized spacial score (nSPS) is 17.6. The van der Waals surface area contributed by atoms with Crippen LogP contribution in [0, 0.1) is 11.7 Å². The van der Waals surface area contributed by atoms with Crippen LogP contribution in [-0.2, 0) is 4.79 Å². The fourth-order valence-electron chi connectivity index (χ4n) is 3.66. The van der Waals surface area contributed by atoms with Crippen molar-refractivity contribution in [3.8, 4) is 11.5 Å². The van der Waals surface area contributed by atoms with Crippen LogP contribution in [0.15, 0.2) is 42.5 Å². The maximum Gasteiger partial charge on any atom is 0.150 e. The van der Waals surface area contributed by atoms with Gasteiger partial charge in [0.05, 0.1) is 25.4 Å². The molecular formula is C24H28FNO3. The minimum absolute atomic E-state index is 0.0423. The second kappa shape index (κ2) is 8.44. The molecule has 4 nitrogen and oxygen atoms in total. The summed E-state index contributed by atoms with van der Waals surface area (Å²) in [5, 5.41) is 0. The van der Waals surface area contributed by atoms with E-state index in [4.69, 9.17) is 9.47 Å². The van der Waals surface area contributed by atoms with Gasteiger partial charge in [-0.25, -0.2) is 4.39 Å². The van der Waals surface area contributed by atoms with Crippen molar-refractivity contribution in [3.05, 3.63) is 53.8 Å². The molecular weight excluding hydrogens is 369 g/mol. The van der Waals surface area contributed by atoms with Gasteiger partial charge in [0.2, 0.25) is 0 Å². The molecule has 0 bridgehead atoms. The number of hydrogen-bond acceptors (Lipinski definition) is 4. The van der Waals surface area contributed by atoms with E-state index in [0.717, 1.165) is 11.3 Å². The number of Topliss-reactive ketones (excluding diaryl/α,β-unsaturated/α-hetero) is 1. The maximum atomic E-state index is 14.4. The molecule has 0 amide bonds. The summed E-state index contributed by atoms with van der Waals surface area (Å²) in [6, 6.07) is 13.0. The van der Waals surface area contributed by atoms with Gasteiger partial charge in [0.15, 0.2) is 0 Å². The van der Waals surface area contributed by atoms with Crippen molar-refractivity contribution in [2.45, 2.75) is 45.1 Å². The minimum atomic E-state index is -0.249. The molecule has 0 radical (unpaired) electrons. The smallest absolute Gasteiger partial charge is 0.150 e. The lowest BCUT2D eigenvalue weighted by molar-refractivity contribution is -0.117. The number of hydrogen-bond donors (Lipinski definition) is 0. The number of rotatable bonds is 9. The molecule has 154 valence electrons. The number of halogens is 1. The van der Waals surface area contributed by atoms with Gasteiger partial charge >= 0.3 is 0 Å². The zero-order chi connectivity index (χ0) is 20.4. The molecule has 4 rings (SSSR count). The number of nitrogens with zero attached hydrogens (tertiary/aromatic N) is 1. The summed E-state index contributed by atoms with van der Waals surface area (Å²) in [6.07, 6.45) is 3.03. The summed E-state index contributed by atoms with van der Waals surface area (Å²) in [5.41, 5.74) is 1.73. The molecule has 1 aliphatic carbocycles. The highest BCUT2D eigenvalue weighted by Gasteiger charge is 2.30. The number of carbonyl (C=O) groups excluding carboxylic acids is 1. The molecule has 2 aliphatic rings.